The van der Waals surface area contributed by atoms with Crippen molar-refractivity contribution in [2.24, 2.45) is 0 Å². The Hall–Kier alpha value is -3.70. The highest BCUT2D eigenvalue weighted by atomic mass is 32.1. The lowest BCUT2D eigenvalue weighted by molar-refractivity contribution is -0.384. The van der Waals surface area contributed by atoms with Crippen LogP contribution in [-0.4, -0.2) is 16.5 Å². The zero-order chi connectivity index (χ0) is 21.3. The lowest BCUT2D eigenvalue weighted by Gasteiger charge is -2.07. The van der Waals surface area contributed by atoms with E-state index in [0.29, 0.717) is 28.4 Å². The summed E-state index contributed by atoms with van der Waals surface area (Å²) in [7, 11) is 0. The van der Waals surface area contributed by atoms with E-state index in [0.717, 1.165) is 24.3 Å². The standard InChI is InChI=1S/C22H20N4O3S/c1-2-3-10-29-20-9-5-7-18(12-20)24-14-17(13-23)22-25-21(15-30-22)16-6-4-8-19(11-16)26(27)28/h4-9,11-12,14-15,24H,2-3,10H2,1H3. The summed E-state index contributed by atoms with van der Waals surface area (Å²) in [4.78, 5) is 15.0. The van der Waals surface area contributed by atoms with E-state index in [-0.39, 0.29) is 5.69 Å². The summed E-state index contributed by atoms with van der Waals surface area (Å²) in [5.74, 6) is 0.766. The number of aromatic nitrogens is 1. The third-order valence-electron chi connectivity index (χ3n) is 4.19. The molecule has 0 radical (unpaired) electrons. The highest BCUT2D eigenvalue weighted by Gasteiger charge is 2.12. The lowest BCUT2D eigenvalue weighted by Crippen LogP contribution is -1.97. The maximum atomic E-state index is 11.0. The van der Waals surface area contributed by atoms with E-state index in [9.17, 15) is 15.4 Å². The molecular weight excluding hydrogens is 400 g/mol. The molecule has 3 rings (SSSR count). The number of nitrogens with one attached hydrogen (secondary N) is 1. The summed E-state index contributed by atoms with van der Waals surface area (Å²) in [5, 5.41) is 25.9. The van der Waals surface area contributed by atoms with Crippen molar-refractivity contribution in [3.05, 3.63) is 75.2 Å². The Morgan fingerprint density at radius 3 is 2.93 bits per heavy atom. The van der Waals surface area contributed by atoms with Crippen molar-refractivity contribution in [3.63, 3.8) is 0 Å². The largest absolute Gasteiger partial charge is 0.494 e. The number of benzene rings is 2. The molecule has 1 aromatic heterocycles. The van der Waals surface area contributed by atoms with Crippen LogP contribution in [0.25, 0.3) is 16.8 Å². The smallest absolute Gasteiger partial charge is 0.270 e. The highest BCUT2D eigenvalue weighted by molar-refractivity contribution is 7.11. The first-order valence-electron chi connectivity index (χ1n) is 9.41. The van der Waals surface area contributed by atoms with Gasteiger partial charge in [0, 0.05) is 41.0 Å². The van der Waals surface area contributed by atoms with Crippen LogP contribution in [0.2, 0.25) is 0 Å². The number of nitro groups is 1. The number of ether oxygens (including phenoxy) is 1. The van der Waals surface area contributed by atoms with Crippen LogP contribution in [0.5, 0.6) is 5.75 Å². The molecule has 3 aromatic rings. The molecule has 0 saturated heterocycles. The molecule has 7 nitrogen and oxygen atoms in total. The van der Waals surface area contributed by atoms with Crippen molar-refractivity contribution >= 4 is 28.3 Å². The summed E-state index contributed by atoms with van der Waals surface area (Å²) < 4.78 is 5.70. The van der Waals surface area contributed by atoms with E-state index in [1.807, 2.05) is 24.3 Å². The van der Waals surface area contributed by atoms with Gasteiger partial charge in [0.15, 0.2) is 0 Å². The Balaban J connectivity index is 1.75. The minimum Gasteiger partial charge on any atom is -0.494 e. The van der Waals surface area contributed by atoms with E-state index in [1.54, 1.807) is 23.7 Å². The van der Waals surface area contributed by atoms with Gasteiger partial charge in [-0.3, -0.25) is 10.1 Å². The fraction of sp³-hybridized carbons (Fsp3) is 0.182. The molecule has 152 valence electrons. The number of thiazole rings is 1. The van der Waals surface area contributed by atoms with E-state index in [4.69, 9.17) is 4.74 Å². The summed E-state index contributed by atoms with van der Waals surface area (Å²) in [5.41, 5.74) is 2.39. The number of nitrogens with zero attached hydrogens (tertiary/aromatic N) is 3. The first kappa shape index (κ1) is 21.0. The Labute approximate surface area is 178 Å². The van der Waals surface area contributed by atoms with Gasteiger partial charge in [0.05, 0.1) is 17.2 Å². The Morgan fingerprint density at radius 1 is 1.33 bits per heavy atom. The number of anilines is 1. The molecule has 0 aliphatic heterocycles. The molecule has 0 saturated carbocycles. The molecule has 0 bridgehead atoms. The van der Waals surface area contributed by atoms with Crippen molar-refractivity contribution in [2.75, 3.05) is 11.9 Å². The first-order valence-corrected chi connectivity index (χ1v) is 10.3. The number of unbranched alkanes of at least 4 members (excludes halogenated alkanes) is 1. The van der Waals surface area contributed by atoms with Crippen molar-refractivity contribution in [1.29, 1.82) is 5.26 Å². The predicted molar refractivity (Wildman–Crippen MR) is 118 cm³/mol. The number of hydrogen-bond acceptors (Lipinski definition) is 7. The van der Waals surface area contributed by atoms with E-state index < -0.39 is 4.92 Å². The van der Waals surface area contributed by atoms with E-state index in [1.165, 1.54) is 23.5 Å². The number of nitro benzene ring substituents is 1. The van der Waals surface area contributed by atoms with Crippen molar-refractivity contribution in [1.82, 2.24) is 4.98 Å². The Bertz CT molecular complexity index is 1100. The monoisotopic (exact) mass is 420 g/mol. The molecule has 8 heteroatoms. The van der Waals surface area contributed by atoms with Crippen molar-refractivity contribution < 1.29 is 9.66 Å². The van der Waals surface area contributed by atoms with Gasteiger partial charge in [-0.15, -0.1) is 11.3 Å². The van der Waals surface area contributed by atoms with Crippen molar-refractivity contribution in [2.45, 2.75) is 19.8 Å². The molecule has 2 aromatic carbocycles. The van der Waals surface area contributed by atoms with Crippen LogP contribution in [0.4, 0.5) is 11.4 Å². The highest BCUT2D eigenvalue weighted by Crippen LogP contribution is 2.28. The molecule has 0 aliphatic carbocycles. The second kappa shape index (κ2) is 10.2. The van der Waals surface area contributed by atoms with Gasteiger partial charge < -0.3 is 10.1 Å². The van der Waals surface area contributed by atoms with Gasteiger partial charge in [0.2, 0.25) is 0 Å². The number of rotatable bonds is 9. The van der Waals surface area contributed by atoms with Gasteiger partial charge >= 0.3 is 0 Å². The van der Waals surface area contributed by atoms with Crippen molar-refractivity contribution in [3.8, 4) is 23.1 Å². The molecule has 0 fully saturated rings. The van der Waals surface area contributed by atoms with Gasteiger partial charge in [0.1, 0.15) is 22.4 Å². The van der Waals surface area contributed by atoms with Crippen LogP contribution in [0.15, 0.2) is 60.1 Å². The predicted octanol–water partition coefficient (Wildman–Crippen LogP) is 5.87. The maximum absolute atomic E-state index is 11.0. The Morgan fingerprint density at radius 2 is 2.17 bits per heavy atom. The molecule has 30 heavy (non-hydrogen) atoms. The third kappa shape index (κ3) is 5.43. The molecule has 1 N–H and O–H groups in total. The normalized spacial score (nSPS) is 11.0. The quantitative estimate of drug-likeness (QED) is 0.201. The van der Waals surface area contributed by atoms with Crippen LogP contribution in [0.1, 0.15) is 24.8 Å². The minimum atomic E-state index is -0.443. The summed E-state index contributed by atoms with van der Waals surface area (Å²) in [6.45, 7) is 2.78. The zero-order valence-electron chi connectivity index (χ0n) is 16.4. The lowest BCUT2D eigenvalue weighted by atomic mass is 10.1. The topological polar surface area (TPSA) is 101 Å². The van der Waals surface area contributed by atoms with Gasteiger partial charge in [0.25, 0.3) is 5.69 Å². The Kier molecular flexibility index (Phi) is 7.14. The number of hydrogen-bond donors (Lipinski definition) is 1. The molecule has 0 spiro atoms. The number of allylic oxidation sites excluding steroid dienone is 1. The van der Waals surface area contributed by atoms with Crippen LogP contribution in [0, 0.1) is 21.4 Å². The number of nitriles is 1. The molecule has 0 amide bonds. The van der Waals surface area contributed by atoms with Gasteiger partial charge in [-0.2, -0.15) is 5.26 Å². The van der Waals surface area contributed by atoms with Gasteiger partial charge in [-0.05, 0) is 18.6 Å². The molecular formula is C22H20N4O3S. The van der Waals surface area contributed by atoms with Crippen LogP contribution in [0.3, 0.4) is 0 Å². The summed E-state index contributed by atoms with van der Waals surface area (Å²) in [6.07, 6.45) is 3.66. The molecule has 0 unspecified atom stereocenters. The van der Waals surface area contributed by atoms with Crippen LogP contribution < -0.4 is 10.1 Å². The zero-order valence-corrected chi connectivity index (χ0v) is 17.2. The number of non-ortho nitro benzene ring substituents is 1. The summed E-state index contributed by atoms with van der Waals surface area (Å²) in [6, 6.07) is 15.9. The van der Waals surface area contributed by atoms with Gasteiger partial charge in [-0.25, -0.2) is 4.98 Å². The second-order valence-corrected chi connectivity index (χ2v) is 7.25. The third-order valence-corrected chi connectivity index (χ3v) is 5.07. The maximum Gasteiger partial charge on any atom is 0.270 e. The fourth-order valence-electron chi connectivity index (χ4n) is 2.62. The van der Waals surface area contributed by atoms with E-state index >= 15 is 0 Å². The minimum absolute atomic E-state index is 0.000743. The average Bonchev–Trinajstić information content (AvgIpc) is 3.25. The van der Waals surface area contributed by atoms with Crippen LogP contribution >= 0.6 is 11.3 Å². The SMILES string of the molecule is CCCCOc1cccc(NC=C(C#N)c2nc(-c3cccc([N+](=O)[O-])c3)cs2)c1. The average molecular weight is 420 g/mol. The molecule has 0 atom stereocenters. The van der Waals surface area contributed by atoms with E-state index in [2.05, 4.69) is 23.3 Å². The second-order valence-electron chi connectivity index (χ2n) is 6.39. The molecule has 1 heterocycles. The first-order chi connectivity index (χ1) is 14.6. The summed E-state index contributed by atoms with van der Waals surface area (Å²) >= 11 is 1.31. The van der Waals surface area contributed by atoms with Crippen LogP contribution in [-0.2, 0) is 0 Å². The van der Waals surface area contributed by atoms with Gasteiger partial charge in [-0.1, -0.05) is 31.5 Å². The fourth-order valence-corrected chi connectivity index (χ4v) is 3.41. The molecule has 0 aliphatic rings.